The van der Waals surface area contributed by atoms with Gasteiger partial charge in [-0.3, -0.25) is 14.9 Å². The van der Waals surface area contributed by atoms with Crippen molar-refractivity contribution in [3.05, 3.63) is 45.0 Å². The fourth-order valence-electron chi connectivity index (χ4n) is 1.34. The number of nitro benzene ring substituents is 1. The number of nitrogens with one attached hydrogen (secondary N) is 1. The normalized spacial score (nSPS) is 10.1. The molecule has 1 amide bonds. The molecule has 2 aromatic rings. The number of carbonyl (C=O) groups is 1. The Labute approximate surface area is 106 Å². The predicted molar refractivity (Wildman–Crippen MR) is 65.7 cm³/mol. The van der Waals surface area contributed by atoms with Crippen molar-refractivity contribution in [1.82, 2.24) is 9.59 Å². The van der Waals surface area contributed by atoms with Gasteiger partial charge in [-0.25, -0.2) is 0 Å². The molecule has 18 heavy (non-hydrogen) atoms. The molecule has 8 heteroatoms. The molecule has 2 rings (SSSR count). The van der Waals surface area contributed by atoms with Gasteiger partial charge < -0.3 is 5.32 Å². The van der Waals surface area contributed by atoms with Crippen molar-refractivity contribution in [1.29, 1.82) is 0 Å². The monoisotopic (exact) mass is 264 g/mol. The van der Waals surface area contributed by atoms with Gasteiger partial charge in [-0.15, -0.1) is 5.10 Å². The summed E-state index contributed by atoms with van der Waals surface area (Å²) in [5.74, 6) is -0.443. The maximum atomic E-state index is 11.7. The summed E-state index contributed by atoms with van der Waals surface area (Å²) >= 11 is 1.06. The van der Waals surface area contributed by atoms with Crippen LogP contribution in [0.1, 0.15) is 16.1 Å². The van der Waals surface area contributed by atoms with Gasteiger partial charge in [-0.2, -0.15) is 0 Å². The lowest BCUT2D eigenvalue weighted by Gasteiger charge is -2.04. The Kier molecular flexibility index (Phi) is 3.28. The van der Waals surface area contributed by atoms with E-state index in [0.717, 1.165) is 11.5 Å². The van der Waals surface area contributed by atoms with Crippen LogP contribution in [0.25, 0.3) is 0 Å². The second-order valence-electron chi connectivity index (χ2n) is 3.50. The van der Waals surface area contributed by atoms with Crippen molar-refractivity contribution < 1.29 is 9.72 Å². The van der Waals surface area contributed by atoms with E-state index in [9.17, 15) is 14.9 Å². The smallest absolute Gasteiger partial charge is 0.277 e. The van der Waals surface area contributed by atoms with E-state index < -0.39 is 10.8 Å². The molecule has 1 N–H and O–H groups in total. The van der Waals surface area contributed by atoms with Crippen LogP contribution in [-0.4, -0.2) is 20.4 Å². The van der Waals surface area contributed by atoms with E-state index >= 15 is 0 Å². The second-order valence-corrected chi connectivity index (χ2v) is 4.11. The van der Waals surface area contributed by atoms with Crippen molar-refractivity contribution in [3.63, 3.8) is 0 Å². The molecule has 0 spiro atoms. The van der Waals surface area contributed by atoms with Crippen LogP contribution in [0.4, 0.5) is 11.4 Å². The summed E-state index contributed by atoms with van der Waals surface area (Å²) in [5.41, 5.74) is 1.03. The average Bonchev–Trinajstić information content (AvgIpc) is 2.85. The lowest BCUT2D eigenvalue weighted by molar-refractivity contribution is -0.385. The molecule has 92 valence electrons. The zero-order valence-corrected chi connectivity index (χ0v) is 10.1. The fraction of sp³-hybridized carbons (Fsp3) is 0.100. The number of rotatable bonds is 3. The number of aryl methyl sites for hydroxylation is 1. The Bertz CT molecular complexity index is 597. The number of nitro groups is 1. The molecule has 0 saturated carbocycles. The first-order chi connectivity index (χ1) is 8.58. The standard InChI is InChI=1S/C10H8N4O3S/c1-6-2-3-7(4-9(6)14(16)17)11-10(15)8-5-18-13-12-8/h2-5H,1H3,(H,11,15). The molecule has 0 aliphatic rings. The Hall–Kier alpha value is -2.35. The highest BCUT2D eigenvalue weighted by molar-refractivity contribution is 7.03. The van der Waals surface area contributed by atoms with Gasteiger partial charge >= 0.3 is 0 Å². The van der Waals surface area contributed by atoms with Crippen molar-refractivity contribution in [2.24, 2.45) is 0 Å². The van der Waals surface area contributed by atoms with Crippen molar-refractivity contribution in [2.45, 2.75) is 6.92 Å². The molecule has 0 radical (unpaired) electrons. The molecule has 1 aromatic carbocycles. The van der Waals surface area contributed by atoms with E-state index in [-0.39, 0.29) is 11.4 Å². The summed E-state index contributed by atoms with van der Waals surface area (Å²) in [6, 6.07) is 4.49. The summed E-state index contributed by atoms with van der Waals surface area (Å²) in [6.07, 6.45) is 0. The summed E-state index contributed by atoms with van der Waals surface area (Å²) in [4.78, 5) is 21.9. The third-order valence-corrected chi connectivity index (χ3v) is 2.76. The van der Waals surface area contributed by atoms with Gasteiger partial charge in [0.25, 0.3) is 11.6 Å². The van der Waals surface area contributed by atoms with E-state index in [0.29, 0.717) is 11.3 Å². The summed E-state index contributed by atoms with van der Waals surface area (Å²) in [5, 5.41) is 18.4. The van der Waals surface area contributed by atoms with Crippen LogP contribution in [0.15, 0.2) is 23.6 Å². The zero-order valence-electron chi connectivity index (χ0n) is 9.28. The summed E-state index contributed by atoms with van der Waals surface area (Å²) in [7, 11) is 0. The predicted octanol–water partition coefficient (Wildman–Crippen LogP) is 2.01. The minimum Gasteiger partial charge on any atom is -0.320 e. The highest BCUT2D eigenvalue weighted by atomic mass is 32.1. The number of amides is 1. The van der Waals surface area contributed by atoms with E-state index in [4.69, 9.17) is 0 Å². The lowest BCUT2D eigenvalue weighted by Crippen LogP contribution is -2.12. The van der Waals surface area contributed by atoms with E-state index in [2.05, 4.69) is 14.9 Å². The first kappa shape index (κ1) is 12.1. The molecule has 0 saturated heterocycles. The summed E-state index contributed by atoms with van der Waals surface area (Å²) in [6.45, 7) is 1.63. The molecule has 0 unspecified atom stereocenters. The van der Waals surface area contributed by atoms with Crippen LogP contribution in [-0.2, 0) is 0 Å². The molecular weight excluding hydrogens is 256 g/mol. The molecule has 0 fully saturated rings. The van der Waals surface area contributed by atoms with E-state index in [1.165, 1.54) is 11.4 Å². The molecule has 0 aliphatic carbocycles. The fourth-order valence-corrected chi connectivity index (χ4v) is 1.78. The van der Waals surface area contributed by atoms with Crippen LogP contribution >= 0.6 is 11.5 Å². The molecule has 0 aliphatic heterocycles. The van der Waals surface area contributed by atoms with E-state index in [1.54, 1.807) is 19.1 Å². The maximum absolute atomic E-state index is 11.7. The minimum absolute atomic E-state index is 0.0378. The van der Waals surface area contributed by atoms with Crippen molar-refractivity contribution in [2.75, 3.05) is 5.32 Å². The molecule has 1 aromatic heterocycles. The van der Waals surface area contributed by atoms with Gasteiger partial charge in [-0.1, -0.05) is 10.6 Å². The summed E-state index contributed by atoms with van der Waals surface area (Å²) < 4.78 is 3.57. The third kappa shape index (κ3) is 2.48. The van der Waals surface area contributed by atoms with Gasteiger partial charge in [0.2, 0.25) is 0 Å². The van der Waals surface area contributed by atoms with Crippen LogP contribution < -0.4 is 5.32 Å². The first-order valence-corrected chi connectivity index (χ1v) is 5.75. The number of hydrogen-bond donors (Lipinski definition) is 1. The van der Waals surface area contributed by atoms with Crippen LogP contribution in [0.3, 0.4) is 0 Å². The SMILES string of the molecule is Cc1ccc(NC(=O)c2csnn2)cc1[N+](=O)[O-]. The van der Waals surface area contributed by atoms with Gasteiger partial charge in [0, 0.05) is 22.7 Å². The highest BCUT2D eigenvalue weighted by Crippen LogP contribution is 2.22. The Morgan fingerprint density at radius 2 is 2.28 bits per heavy atom. The quantitative estimate of drug-likeness (QED) is 0.675. The number of carbonyl (C=O) groups excluding carboxylic acids is 1. The molecule has 0 bridgehead atoms. The maximum Gasteiger partial charge on any atom is 0.277 e. The molecule has 1 heterocycles. The van der Waals surface area contributed by atoms with Crippen LogP contribution in [0.2, 0.25) is 0 Å². The number of nitrogens with zero attached hydrogens (tertiary/aromatic N) is 3. The molecular formula is C10H8N4O3S. The third-order valence-electron chi connectivity index (χ3n) is 2.26. The van der Waals surface area contributed by atoms with Gasteiger partial charge in [0.15, 0.2) is 5.69 Å². The van der Waals surface area contributed by atoms with Gasteiger partial charge in [-0.05, 0) is 24.5 Å². The van der Waals surface area contributed by atoms with Crippen LogP contribution in [0, 0.1) is 17.0 Å². The average molecular weight is 264 g/mol. The lowest BCUT2D eigenvalue weighted by atomic mass is 10.2. The van der Waals surface area contributed by atoms with Crippen molar-refractivity contribution >= 4 is 28.8 Å². The van der Waals surface area contributed by atoms with E-state index in [1.807, 2.05) is 0 Å². The minimum atomic E-state index is -0.491. The topological polar surface area (TPSA) is 98.0 Å². The largest absolute Gasteiger partial charge is 0.320 e. The number of benzene rings is 1. The number of aromatic nitrogens is 2. The Balaban J connectivity index is 2.22. The zero-order chi connectivity index (χ0) is 13.1. The Morgan fingerprint density at radius 1 is 1.50 bits per heavy atom. The highest BCUT2D eigenvalue weighted by Gasteiger charge is 2.14. The van der Waals surface area contributed by atoms with Crippen LogP contribution in [0.5, 0.6) is 0 Å². The number of hydrogen-bond acceptors (Lipinski definition) is 6. The first-order valence-electron chi connectivity index (χ1n) is 4.91. The molecule has 7 nitrogen and oxygen atoms in total. The van der Waals surface area contributed by atoms with Gasteiger partial charge in [0.05, 0.1) is 4.92 Å². The Morgan fingerprint density at radius 3 is 2.89 bits per heavy atom. The van der Waals surface area contributed by atoms with Crippen molar-refractivity contribution in [3.8, 4) is 0 Å². The van der Waals surface area contributed by atoms with Gasteiger partial charge in [0.1, 0.15) is 0 Å². The molecule has 0 atom stereocenters. The number of anilines is 1. The second kappa shape index (κ2) is 4.88.